The lowest BCUT2D eigenvalue weighted by atomic mass is 10.2. The van der Waals surface area contributed by atoms with Crippen molar-refractivity contribution in [3.05, 3.63) is 38.9 Å². The highest BCUT2D eigenvalue weighted by atomic mass is 79.9. The Hall–Kier alpha value is -1.20. The van der Waals surface area contributed by atoms with Crippen LogP contribution in [-0.4, -0.2) is 16.1 Å². The summed E-state index contributed by atoms with van der Waals surface area (Å²) in [6, 6.07) is 5.53. The van der Waals surface area contributed by atoms with Crippen LogP contribution in [0.3, 0.4) is 0 Å². The first-order chi connectivity index (χ1) is 8.15. The highest BCUT2D eigenvalue weighted by Gasteiger charge is 2.09. The number of nitrogens with two attached hydrogens (primary N) is 1. The number of nitrogens with zero attached hydrogens (tertiary/aromatic N) is 2. The molecular weight excluding hydrogens is 282 g/mol. The second kappa shape index (κ2) is 4.98. The summed E-state index contributed by atoms with van der Waals surface area (Å²) in [6.45, 7) is 0.601. The van der Waals surface area contributed by atoms with Crippen LogP contribution in [0.2, 0.25) is 0 Å². The molecule has 0 atom stereocenters. The van der Waals surface area contributed by atoms with Gasteiger partial charge in [-0.05, 0) is 41.0 Å². The second-order valence-corrected chi connectivity index (χ2v) is 4.77. The van der Waals surface area contributed by atoms with Crippen molar-refractivity contribution >= 4 is 26.8 Å². The summed E-state index contributed by atoms with van der Waals surface area (Å²) in [7, 11) is 1.75. The number of rotatable bonds is 3. The Balaban J connectivity index is 2.68. The number of aromatic nitrogens is 2. The van der Waals surface area contributed by atoms with Crippen LogP contribution >= 0.6 is 15.9 Å². The lowest BCUT2D eigenvalue weighted by Gasteiger charge is -2.09. The summed E-state index contributed by atoms with van der Waals surface area (Å²) in [5, 5.41) is 0.637. The molecule has 1 aromatic heterocycles. The van der Waals surface area contributed by atoms with E-state index in [0.29, 0.717) is 11.9 Å². The zero-order valence-electron chi connectivity index (χ0n) is 9.61. The number of halogens is 1. The molecule has 0 unspecified atom stereocenters. The van der Waals surface area contributed by atoms with Crippen LogP contribution in [0.15, 0.2) is 27.5 Å². The molecule has 2 N–H and O–H groups in total. The lowest BCUT2D eigenvalue weighted by molar-refractivity contribution is 0.698. The Morgan fingerprint density at radius 1 is 1.47 bits per heavy atom. The quantitative estimate of drug-likeness (QED) is 0.935. The first-order valence-corrected chi connectivity index (χ1v) is 6.28. The van der Waals surface area contributed by atoms with Crippen LogP contribution in [0.1, 0.15) is 12.2 Å². The van der Waals surface area contributed by atoms with E-state index >= 15 is 0 Å². The zero-order valence-corrected chi connectivity index (χ0v) is 11.2. The van der Waals surface area contributed by atoms with Crippen molar-refractivity contribution in [2.75, 3.05) is 6.54 Å². The molecule has 2 rings (SSSR count). The molecular formula is C12H14BrN3O. The fraction of sp³-hybridized carbons (Fsp3) is 0.333. The minimum Gasteiger partial charge on any atom is -0.330 e. The minimum absolute atomic E-state index is 0.0108. The molecule has 1 aromatic carbocycles. The number of benzene rings is 1. The molecule has 90 valence electrons. The fourth-order valence-electron chi connectivity index (χ4n) is 1.79. The average Bonchev–Trinajstić information content (AvgIpc) is 2.33. The molecule has 5 heteroatoms. The van der Waals surface area contributed by atoms with E-state index in [-0.39, 0.29) is 5.56 Å². The van der Waals surface area contributed by atoms with Crippen molar-refractivity contribution in [3.63, 3.8) is 0 Å². The summed E-state index contributed by atoms with van der Waals surface area (Å²) < 4.78 is 2.45. The van der Waals surface area contributed by atoms with Gasteiger partial charge in [0.25, 0.3) is 5.56 Å². The molecule has 0 aliphatic heterocycles. The third-order valence-electron chi connectivity index (χ3n) is 2.75. The first kappa shape index (κ1) is 12.3. The van der Waals surface area contributed by atoms with E-state index in [1.54, 1.807) is 17.7 Å². The standard InChI is InChI=1S/C12H14BrN3O/c1-16-10(6-3-7-14)15-11-8(12(16)17)4-2-5-9(11)13/h2,4-5H,3,6-7,14H2,1H3. The maximum atomic E-state index is 12.1. The second-order valence-electron chi connectivity index (χ2n) is 3.92. The molecule has 0 fully saturated rings. The topological polar surface area (TPSA) is 60.9 Å². The first-order valence-electron chi connectivity index (χ1n) is 5.49. The van der Waals surface area contributed by atoms with E-state index < -0.39 is 0 Å². The predicted molar refractivity (Wildman–Crippen MR) is 72.1 cm³/mol. The molecule has 0 bridgehead atoms. The molecule has 0 saturated heterocycles. The third kappa shape index (κ3) is 2.25. The summed E-state index contributed by atoms with van der Waals surface area (Å²) in [4.78, 5) is 16.7. The van der Waals surface area contributed by atoms with E-state index in [2.05, 4.69) is 20.9 Å². The number of hydrogen-bond donors (Lipinski definition) is 1. The van der Waals surface area contributed by atoms with E-state index in [1.165, 1.54) is 0 Å². The summed E-state index contributed by atoms with van der Waals surface area (Å²) in [6.07, 6.45) is 1.55. The van der Waals surface area contributed by atoms with Gasteiger partial charge in [-0.3, -0.25) is 9.36 Å². The van der Waals surface area contributed by atoms with Crippen LogP contribution in [0.25, 0.3) is 10.9 Å². The van der Waals surface area contributed by atoms with Crippen molar-refractivity contribution in [2.45, 2.75) is 12.8 Å². The maximum Gasteiger partial charge on any atom is 0.261 e. The Kier molecular flexibility index (Phi) is 3.59. The molecule has 0 amide bonds. The maximum absolute atomic E-state index is 12.1. The fourth-order valence-corrected chi connectivity index (χ4v) is 2.24. The van der Waals surface area contributed by atoms with Gasteiger partial charge in [-0.25, -0.2) is 4.98 Å². The largest absolute Gasteiger partial charge is 0.330 e. The predicted octanol–water partition coefficient (Wildman–Crippen LogP) is 1.59. The monoisotopic (exact) mass is 295 g/mol. The van der Waals surface area contributed by atoms with Gasteiger partial charge in [0.1, 0.15) is 5.82 Å². The van der Waals surface area contributed by atoms with Crippen molar-refractivity contribution in [3.8, 4) is 0 Å². The van der Waals surface area contributed by atoms with E-state index in [9.17, 15) is 4.79 Å². The Morgan fingerprint density at radius 2 is 2.24 bits per heavy atom. The van der Waals surface area contributed by atoms with Crippen LogP contribution in [0, 0.1) is 0 Å². The molecule has 1 heterocycles. The van der Waals surface area contributed by atoms with Gasteiger partial charge < -0.3 is 5.73 Å². The Morgan fingerprint density at radius 3 is 2.94 bits per heavy atom. The number of para-hydroxylation sites is 1. The SMILES string of the molecule is Cn1c(CCCN)nc2c(Br)cccc2c1=O. The molecule has 4 nitrogen and oxygen atoms in total. The summed E-state index contributed by atoms with van der Waals surface area (Å²) >= 11 is 3.42. The van der Waals surface area contributed by atoms with Gasteiger partial charge in [-0.2, -0.15) is 0 Å². The van der Waals surface area contributed by atoms with Gasteiger partial charge >= 0.3 is 0 Å². The van der Waals surface area contributed by atoms with Crippen LogP contribution in [0.4, 0.5) is 0 Å². The Labute approximate surface area is 108 Å². The number of fused-ring (bicyclic) bond motifs is 1. The Bertz CT molecular complexity index is 606. The number of aryl methyl sites for hydroxylation is 1. The molecule has 0 radical (unpaired) electrons. The highest BCUT2D eigenvalue weighted by Crippen LogP contribution is 2.19. The van der Waals surface area contributed by atoms with Gasteiger partial charge in [-0.1, -0.05) is 6.07 Å². The normalized spacial score (nSPS) is 11.0. The smallest absolute Gasteiger partial charge is 0.261 e. The van der Waals surface area contributed by atoms with Crippen molar-refractivity contribution < 1.29 is 0 Å². The number of hydrogen-bond acceptors (Lipinski definition) is 3. The average molecular weight is 296 g/mol. The third-order valence-corrected chi connectivity index (χ3v) is 3.39. The summed E-state index contributed by atoms with van der Waals surface area (Å²) in [5.74, 6) is 0.778. The molecule has 2 aromatic rings. The van der Waals surface area contributed by atoms with Crippen molar-refractivity contribution in [1.82, 2.24) is 9.55 Å². The van der Waals surface area contributed by atoms with Crippen molar-refractivity contribution in [1.29, 1.82) is 0 Å². The summed E-state index contributed by atoms with van der Waals surface area (Å²) in [5.41, 5.74) is 6.20. The van der Waals surface area contributed by atoms with Crippen LogP contribution in [-0.2, 0) is 13.5 Å². The van der Waals surface area contributed by atoms with E-state index in [1.807, 2.05) is 12.1 Å². The van der Waals surface area contributed by atoms with Crippen molar-refractivity contribution in [2.24, 2.45) is 12.8 Å². The van der Waals surface area contributed by atoms with E-state index in [0.717, 1.165) is 28.7 Å². The molecule has 0 aliphatic carbocycles. The lowest BCUT2D eigenvalue weighted by Crippen LogP contribution is -2.23. The van der Waals surface area contributed by atoms with E-state index in [4.69, 9.17) is 5.73 Å². The van der Waals surface area contributed by atoms with Gasteiger partial charge in [0.2, 0.25) is 0 Å². The van der Waals surface area contributed by atoms with Gasteiger partial charge in [0.05, 0.1) is 10.9 Å². The molecule has 0 spiro atoms. The van der Waals surface area contributed by atoms with Gasteiger partial charge in [-0.15, -0.1) is 0 Å². The molecule has 0 aliphatic rings. The molecule has 0 saturated carbocycles. The molecule has 17 heavy (non-hydrogen) atoms. The van der Waals surface area contributed by atoms with Gasteiger partial charge in [0.15, 0.2) is 0 Å². The highest BCUT2D eigenvalue weighted by molar-refractivity contribution is 9.10. The van der Waals surface area contributed by atoms with Crippen LogP contribution in [0.5, 0.6) is 0 Å². The van der Waals surface area contributed by atoms with Crippen LogP contribution < -0.4 is 11.3 Å². The minimum atomic E-state index is -0.0108. The zero-order chi connectivity index (χ0) is 12.4. The van der Waals surface area contributed by atoms with Gasteiger partial charge in [0, 0.05) is 17.9 Å².